The smallest absolute Gasteiger partial charge is 0.228 e. The van der Waals surface area contributed by atoms with Crippen molar-refractivity contribution in [2.45, 2.75) is 44.2 Å². The number of nitrogens with one attached hydrogen (secondary N) is 1. The molecule has 0 spiro atoms. The van der Waals surface area contributed by atoms with Crippen LogP contribution >= 0.6 is 0 Å². The summed E-state index contributed by atoms with van der Waals surface area (Å²) in [5.74, 6) is 0.743. The number of carbonyl (C=O) groups is 1. The maximum absolute atomic E-state index is 12.1. The van der Waals surface area contributed by atoms with Crippen LogP contribution in [0.25, 0.3) is 0 Å². The Labute approximate surface area is 84.8 Å². The second kappa shape index (κ2) is 3.23. The van der Waals surface area contributed by atoms with Crippen molar-refractivity contribution in [2.75, 3.05) is 13.1 Å². The average Bonchev–Trinajstić information content (AvgIpc) is 2.33. The number of carbonyl (C=O) groups excluding carboxylic acids is 1. The highest BCUT2D eigenvalue weighted by Gasteiger charge is 2.42. The summed E-state index contributed by atoms with van der Waals surface area (Å²) in [6.45, 7) is 1.82. The molecule has 0 aromatic heterocycles. The van der Waals surface area contributed by atoms with Crippen molar-refractivity contribution in [2.24, 2.45) is 5.92 Å². The minimum absolute atomic E-state index is 0.302. The summed E-state index contributed by atoms with van der Waals surface area (Å²) in [6.07, 6.45) is 6.36. The normalized spacial score (nSPS) is 37.0. The van der Waals surface area contributed by atoms with E-state index in [1.54, 1.807) is 0 Å². The molecule has 2 unspecified atom stereocenters. The van der Waals surface area contributed by atoms with Crippen molar-refractivity contribution >= 4 is 5.91 Å². The van der Waals surface area contributed by atoms with E-state index in [0.29, 0.717) is 23.9 Å². The van der Waals surface area contributed by atoms with Crippen LogP contribution in [0.3, 0.4) is 0 Å². The lowest BCUT2D eigenvalue weighted by atomic mass is 9.96. The van der Waals surface area contributed by atoms with Gasteiger partial charge in [0.05, 0.1) is 5.92 Å². The van der Waals surface area contributed by atoms with E-state index in [4.69, 9.17) is 0 Å². The molecule has 1 amide bonds. The number of hydrogen-bond donors (Lipinski definition) is 1. The Morgan fingerprint density at radius 1 is 1.07 bits per heavy atom. The molecule has 0 aliphatic carbocycles. The Morgan fingerprint density at radius 2 is 1.71 bits per heavy atom. The van der Waals surface area contributed by atoms with Gasteiger partial charge in [-0.1, -0.05) is 0 Å². The van der Waals surface area contributed by atoms with Crippen LogP contribution < -0.4 is 5.32 Å². The van der Waals surface area contributed by atoms with E-state index in [1.807, 2.05) is 0 Å². The third kappa shape index (κ3) is 1.18. The fraction of sp³-hybridized carbons (Fsp3) is 0.909. The van der Waals surface area contributed by atoms with Gasteiger partial charge in [-0.25, -0.2) is 0 Å². The number of rotatable bonds is 1. The monoisotopic (exact) mass is 194 g/mol. The van der Waals surface area contributed by atoms with Gasteiger partial charge in [0.15, 0.2) is 0 Å². The zero-order chi connectivity index (χ0) is 9.54. The fourth-order valence-electron chi connectivity index (χ4n) is 3.15. The molecule has 0 saturated carbocycles. The Balaban J connectivity index is 1.74. The van der Waals surface area contributed by atoms with Crippen LogP contribution in [-0.2, 0) is 4.79 Å². The molecular formula is C11H18N2O. The summed E-state index contributed by atoms with van der Waals surface area (Å²) in [7, 11) is 0. The first-order chi connectivity index (χ1) is 6.86. The molecule has 2 atom stereocenters. The van der Waals surface area contributed by atoms with Crippen LogP contribution in [0.2, 0.25) is 0 Å². The quantitative estimate of drug-likeness (QED) is 0.668. The predicted molar refractivity (Wildman–Crippen MR) is 53.9 cm³/mol. The molecule has 3 fully saturated rings. The minimum Gasteiger partial charge on any atom is -0.336 e. The van der Waals surface area contributed by atoms with Crippen molar-refractivity contribution in [3.63, 3.8) is 0 Å². The summed E-state index contributed by atoms with van der Waals surface area (Å²) in [4.78, 5) is 14.4. The van der Waals surface area contributed by atoms with E-state index < -0.39 is 0 Å². The molecule has 1 N–H and O–H groups in total. The molecule has 3 aliphatic heterocycles. The SMILES string of the molecule is O=C(C1CNC1)N1C2CCCC1CC2. The fourth-order valence-corrected chi connectivity index (χ4v) is 3.15. The van der Waals surface area contributed by atoms with Crippen LogP contribution in [0, 0.1) is 5.92 Å². The second-order valence-corrected chi connectivity index (χ2v) is 4.92. The van der Waals surface area contributed by atoms with E-state index >= 15 is 0 Å². The van der Waals surface area contributed by atoms with E-state index in [0.717, 1.165) is 13.1 Å². The van der Waals surface area contributed by atoms with Gasteiger partial charge in [0, 0.05) is 25.2 Å². The zero-order valence-corrected chi connectivity index (χ0v) is 8.54. The minimum atomic E-state index is 0.302. The molecule has 3 heteroatoms. The number of nitrogens with zero attached hydrogens (tertiary/aromatic N) is 1. The first kappa shape index (κ1) is 8.72. The maximum Gasteiger partial charge on any atom is 0.228 e. The topological polar surface area (TPSA) is 32.3 Å². The largest absolute Gasteiger partial charge is 0.336 e. The van der Waals surface area contributed by atoms with Gasteiger partial charge in [0.2, 0.25) is 5.91 Å². The first-order valence-electron chi connectivity index (χ1n) is 5.89. The second-order valence-electron chi connectivity index (χ2n) is 4.92. The summed E-state index contributed by atoms with van der Waals surface area (Å²) in [5, 5.41) is 3.18. The summed E-state index contributed by atoms with van der Waals surface area (Å²) < 4.78 is 0. The van der Waals surface area contributed by atoms with Gasteiger partial charge in [-0.2, -0.15) is 0 Å². The Morgan fingerprint density at radius 3 is 2.21 bits per heavy atom. The Hall–Kier alpha value is -0.570. The van der Waals surface area contributed by atoms with Gasteiger partial charge in [0.1, 0.15) is 0 Å². The molecule has 3 nitrogen and oxygen atoms in total. The van der Waals surface area contributed by atoms with E-state index in [-0.39, 0.29) is 0 Å². The van der Waals surface area contributed by atoms with Crippen LogP contribution in [0.1, 0.15) is 32.1 Å². The van der Waals surface area contributed by atoms with Gasteiger partial charge in [0.25, 0.3) is 0 Å². The van der Waals surface area contributed by atoms with Crippen LogP contribution in [0.4, 0.5) is 0 Å². The lowest BCUT2D eigenvalue weighted by Crippen LogP contribution is -2.55. The standard InChI is InChI=1S/C11H18N2O/c14-11(8-6-12-7-8)13-9-2-1-3-10(13)5-4-9/h8-10,12H,1-7H2. The molecule has 0 radical (unpaired) electrons. The van der Waals surface area contributed by atoms with Gasteiger partial charge in [-0.15, -0.1) is 0 Å². The van der Waals surface area contributed by atoms with Crippen LogP contribution in [0.5, 0.6) is 0 Å². The molecule has 78 valence electrons. The predicted octanol–water partition coefficient (Wildman–Crippen LogP) is 0.749. The molecule has 3 heterocycles. The Bertz CT molecular complexity index is 234. The average molecular weight is 194 g/mol. The highest BCUT2D eigenvalue weighted by molar-refractivity contribution is 5.81. The first-order valence-corrected chi connectivity index (χ1v) is 5.89. The van der Waals surface area contributed by atoms with Crippen molar-refractivity contribution < 1.29 is 4.79 Å². The molecule has 3 rings (SSSR count). The third-order valence-corrected chi connectivity index (χ3v) is 4.08. The zero-order valence-electron chi connectivity index (χ0n) is 8.54. The highest BCUT2D eigenvalue weighted by atomic mass is 16.2. The summed E-state index contributed by atoms with van der Waals surface area (Å²) >= 11 is 0. The molecule has 3 saturated heterocycles. The molecule has 0 aromatic carbocycles. The molecule has 3 aliphatic rings. The number of piperidine rings is 1. The summed E-state index contributed by atoms with van der Waals surface area (Å²) in [6, 6.07) is 1.20. The molecule has 14 heavy (non-hydrogen) atoms. The maximum atomic E-state index is 12.1. The Kier molecular flexibility index (Phi) is 2.01. The molecule has 0 aromatic rings. The van der Waals surface area contributed by atoms with Crippen molar-refractivity contribution in [3.05, 3.63) is 0 Å². The van der Waals surface area contributed by atoms with Gasteiger partial charge in [-0.05, 0) is 32.1 Å². The van der Waals surface area contributed by atoms with Crippen molar-refractivity contribution in [1.82, 2.24) is 10.2 Å². The number of fused-ring (bicyclic) bond motifs is 2. The van der Waals surface area contributed by atoms with Gasteiger partial charge < -0.3 is 10.2 Å². The summed E-state index contributed by atoms with van der Waals surface area (Å²) in [5.41, 5.74) is 0. The van der Waals surface area contributed by atoms with E-state index in [1.165, 1.54) is 32.1 Å². The van der Waals surface area contributed by atoms with Crippen molar-refractivity contribution in [1.29, 1.82) is 0 Å². The van der Waals surface area contributed by atoms with Crippen LogP contribution in [-0.4, -0.2) is 36.0 Å². The lowest BCUT2D eigenvalue weighted by molar-refractivity contribution is -0.141. The van der Waals surface area contributed by atoms with Gasteiger partial charge in [-0.3, -0.25) is 4.79 Å². The van der Waals surface area contributed by atoms with E-state index in [9.17, 15) is 4.79 Å². The third-order valence-electron chi connectivity index (χ3n) is 4.08. The van der Waals surface area contributed by atoms with Gasteiger partial charge >= 0.3 is 0 Å². The number of hydrogen-bond acceptors (Lipinski definition) is 2. The van der Waals surface area contributed by atoms with E-state index in [2.05, 4.69) is 10.2 Å². The molecule has 2 bridgehead atoms. The molecular weight excluding hydrogens is 176 g/mol. The number of amides is 1. The van der Waals surface area contributed by atoms with Crippen LogP contribution in [0.15, 0.2) is 0 Å². The highest BCUT2D eigenvalue weighted by Crippen LogP contribution is 2.36. The van der Waals surface area contributed by atoms with Crippen molar-refractivity contribution in [3.8, 4) is 0 Å². The lowest BCUT2D eigenvalue weighted by Gasteiger charge is -2.39.